The number of hydrogen-bond donors (Lipinski definition) is 1. The van der Waals surface area contributed by atoms with Gasteiger partial charge in [0, 0.05) is 29.4 Å². The molecule has 0 atom stereocenters. The fraction of sp³-hybridized carbons (Fsp3) is 0.150. The first-order valence-corrected chi connectivity index (χ1v) is 7.96. The Labute approximate surface area is 146 Å². The minimum absolute atomic E-state index is 0.272. The second kappa shape index (κ2) is 6.73. The highest BCUT2D eigenvalue weighted by molar-refractivity contribution is 5.92. The van der Waals surface area contributed by atoms with Gasteiger partial charge in [0.15, 0.2) is 0 Å². The average Bonchev–Trinajstić information content (AvgIpc) is 2.88. The molecule has 0 saturated heterocycles. The zero-order valence-corrected chi connectivity index (χ0v) is 14.4. The van der Waals surface area contributed by atoms with E-state index in [1.54, 1.807) is 31.5 Å². The third kappa shape index (κ3) is 3.21. The van der Waals surface area contributed by atoms with Crippen LogP contribution in [0.4, 0.5) is 5.69 Å². The van der Waals surface area contributed by atoms with Crippen molar-refractivity contribution < 1.29 is 9.90 Å². The van der Waals surface area contributed by atoms with Crippen LogP contribution in [0, 0.1) is 20.8 Å². The normalized spacial score (nSPS) is 11.2. The molecule has 1 aromatic carbocycles. The predicted molar refractivity (Wildman–Crippen MR) is 98.4 cm³/mol. The van der Waals surface area contributed by atoms with Crippen LogP contribution in [-0.4, -0.2) is 26.8 Å². The van der Waals surface area contributed by atoms with Crippen molar-refractivity contribution in [3.8, 4) is 5.82 Å². The van der Waals surface area contributed by atoms with Crippen molar-refractivity contribution in [2.75, 3.05) is 0 Å². The lowest BCUT2D eigenvalue weighted by molar-refractivity contribution is 0.0696. The van der Waals surface area contributed by atoms with Crippen LogP contribution in [0.2, 0.25) is 0 Å². The molecule has 0 unspecified atom stereocenters. The van der Waals surface area contributed by atoms with Gasteiger partial charge in [-0.1, -0.05) is 12.1 Å². The Morgan fingerprint density at radius 1 is 1.16 bits per heavy atom. The Hall–Kier alpha value is -3.21. The lowest BCUT2D eigenvalue weighted by Crippen LogP contribution is -2.01. The molecule has 1 N–H and O–H groups in total. The predicted octanol–water partition coefficient (Wildman–Crippen LogP) is 4.25. The maximum atomic E-state index is 11.2. The number of nitrogens with zero attached hydrogens (tertiary/aromatic N) is 3. The third-order valence-electron chi connectivity index (χ3n) is 4.23. The van der Waals surface area contributed by atoms with Gasteiger partial charge in [0.25, 0.3) is 0 Å². The largest absolute Gasteiger partial charge is 0.478 e. The summed E-state index contributed by atoms with van der Waals surface area (Å²) in [4.78, 5) is 20.2. The van der Waals surface area contributed by atoms with E-state index in [2.05, 4.69) is 14.5 Å². The van der Waals surface area contributed by atoms with Crippen molar-refractivity contribution in [2.45, 2.75) is 20.8 Å². The van der Waals surface area contributed by atoms with Crippen LogP contribution in [0.15, 0.2) is 53.7 Å². The number of aryl methyl sites for hydroxylation is 1. The minimum Gasteiger partial charge on any atom is -0.478 e. The number of aliphatic imine (C=N–C) groups is 1. The molecule has 2 aromatic heterocycles. The van der Waals surface area contributed by atoms with Gasteiger partial charge in [0.1, 0.15) is 5.82 Å². The first-order valence-electron chi connectivity index (χ1n) is 7.96. The number of carboxylic acid groups (broad SMARTS) is 1. The van der Waals surface area contributed by atoms with Crippen molar-refractivity contribution in [1.82, 2.24) is 9.55 Å². The molecule has 25 heavy (non-hydrogen) atoms. The Balaban J connectivity index is 1.99. The van der Waals surface area contributed by atoms with Crippen LogP contribution < -0.4 is 0 Å². The first kappa shape index (κ1) is 16.6. The second-order valence-electron chi connectivity index (χ2n) is 5.86. The summed E-state index contributed by atoms with van der Waals surface area (Å²) in [5.41, 5.74) is 4.66. The van der Waals surface area contributed by atoms with Gasteiger partial charge in [-0.05, 0) is 56.7 Å². The van der Waals surface area contributed by atoms with Crippen molar-refractivity contribution >= 4 is 17.9 Å². The summed E-state index contributed by atoms with van der Waals surface area (Å²) in [5.74, 6) is -0.0796. The summed E-state index contributed by atoms with van der Waals surface area (Å²) >= 11 is 0. The third-order valence-corrected chi connectivity index (χ3v) is 4.23. The molecule has 0 bridgehead atoms. The van der Waals surface area contributed by atoms with Crippen LogP contribution >= 0.6 is 0 Å². The standard InChI is InChI=1S/C20H19N3O2/c1-13-11-16(15(3)23(13)19-9-4-5-10-21-19)12-22-18-8-6-7-17(14(18)2)20(24)25/h4-12H,1-3H3,(H,24,25). The number of aromatic carboxylic acids is 1. The monoisotopic (exact) mass is 333 g/mol. The summed E-state index contributed by atoms with van der Waals surface area (Å²) in [6.45, 7) is 5.81. The highest BCUT2D eigenvalue weighted by Crippen LogP contribution is 2.23. The summed E-state index contributed by atoms with van der Waals surface area (Å²) in [7, 11) is 0. The summed E-state index contributed by atoms with van der Waals surface area (Å²) < 4.78 is 2.07. The molecule has 2 heterocycles. The number of rotatable bonds is 4. The SMILES string of the molecule is Cc1c(N=Cc2cc(C)n(-c3ccccn3)c2C)cccc1C(=O)O. The van der Waals surface area contributed by atoms with Gasteiger partial charge in [-0.25, -0.2) is 9.78 Å². The molecular formula is C20H19N3O2. The van der Waals surface area contributed by atoms with Crippen molar-refractivity contribution in [1.29, 1.82) is 0 Å². The number of pyridine rings is 1. The molecule has 0 fully saturated rings. The Kier molecular flexibility index (Phi) is 4.48. The van der Waals surface area contributed by atoms with E-state index in [9.17, 15) is 9.90 Å². The van der Waals surface area contributed by atoms with Crippen LogP contribution in [0.5, 0.6) is 0 Å². The highest BCUT2D eigenvalue weighted by Gasteiger charge is 2.11. The van der Waals surface area contributed by atoms with E-state index in [-0.39, 0.29) is 5.56 Å². The molecule has 0 aliphatic heterocycles. The summed E-state index contributed by atoms with van der Waals surface area (Å²) in [5, 5.41) is 9.22. The Bertz CT molecular complexity index is 957. The van der Waals surface area contributed by atoms with Crippen molar-refractivity contribution in [3.05, 3.63) is 76.7 Å². The van der Waals surface area contributed by atoms with E-state index >= 15 is 0 Å². The number of carbonyl (C=O) groups is 1. The molecule has 3 aromatic rings. The molecule has 5 heteroatoms. The molecule has 126 valence electrons. The lowest BCUT2D eigenvalue weighted by atomic mass is 10.1. The van der Waals surface area contributed by atoms with Crippen LogP contribution in [0.3, 0.4) is 0 Å². The quantitative estimate of drug-likeness (QED) is 0.726. The minimum atomic E-state index is -0.942. The van der Waals surface area contributed by atoms with Gasteiger partial charge in [0.05, 0.1) is 11.3 Å². The molecule has 0 radical (unpaired) electrons. The van der Waals surface area contributed by atoms with E-state index in [1.807, 2.05) is 44.2 Å². The fourth-order valence-electron chi connectivity index (χ4n) is 2.89. The Morgan fingerprint density at radius 3 is 2.64 bits per heavy atom. The van der Waals surface area contributed by atoms with E-state index < -0.39 is 5.97 Å². The first-order chi connectivity index (χ1) is 12.0. The number of aromatic nitrogens is 2. The zero-order chi connectivity index (χ0) is 18.0. The van der Waals surface area contributed by atoms with Crippen molar-refractivity contribution in [3.63, 3.8) is 0 Å². The highest BCUT2D eigenvalue weighted by atomic mass is 16.4. The number of hydrogen-bond acceptors (Lipinski definition) is 3. The molecular weight excluding hydrogens is 314 g/mol. The van der Waals surface area contributed by atoms with E-state index in [1.165, 1.54) is 0 Å². The smallest absolute Gasteiger partial charge is 0.336 e. The van der Waals surface area contributed by atoms with E-state index in [4.69, 9.17) is 0 Å². The van der Waals surface area contributed by atoms with Gasteiger partial charge < -0.3 is 9.67 Å². The van der Waals surface area contributed by atoms with Gasteiger partial charge >= 0.3 is 5.97 Å². The molecule has 0 amide bonds. The summed E-state index contributed by atoms with van der Waals surface area (Å²) in [6, 6.07) is 13.0. The second-order valence-corrected chi connectivity index (χ2v) is 5.86. The Morgan fingerprint density at radius 2 is 1.96 bits per heavy atom. The van der Waals surface area contributed by atoms with Gasteiger partial charge in [0.2, 0.25) is 0 Å². The topological polar surface area (TPSA) is 67.5 Å². The molecule has 0 spiro atoms. The van der Waals surface area contributed by atoms with Crippen LogP contribution in [0.25, 0.3) is 5.82 Å². The molecule has 5 nitrogen and oxygen atoms in total. The van der Waals surface area contributed by atoms with E-state index in [0.717, 1.165) is 22.8 Å². The van der Waals surface area contributed by atoms with Crippen LogP contribution in [0.1, 0.15) is 32.9 Å². The average molecular weight is 333 g/mol. The molecule has 0 aliphatic rings. The lowest BCUT2D eigenvalue weighted by Gasteiger charge is -2.07. The van der Waals surface area contributed by atoms with E-state index in [0.29, 0.717) is 11.3 Å². The summed E-state index contributed by atoms with van der Waals surface area (Å²) in [6.07, 6.45) is 3.54. The maximum Gasteiger partial charge on any atom is 0.336 e. The zero-order valence-electron chi connectivity index (χ0n) is 14.4. The number of carboxylic acids is 1. The van der Waals surface area contributed by atoms with Gasteiger partial charge in [-0.2, -0.15) is 0 Å². The maximum absolute atomic E-state index is 11.2. The molecule has 0 saturated carbocycles. The van der Waals surface area contributed by atoms with Crippen LogP contribution in [-0.2, 0) is 0 Å². The molecule has 0 aliphatic carbocycles. The molecule has 3 rings (SSSR count). The van der Waals surface area contributed by atoms with Gasteiger partial charge in [-0.3, -0.25) is 4.99 Å². The van der Waals surface area contributed by atoms with Gasteiger partial charge in [-0.15, -0.1) is 0 Å². The number of benzene rings is 1. The van der Waals surface area contributed by atoms with Crippen molar-refractivity contribution in [2.24, 2.45) is 4.99 Å². The fourth-order valence-corrected chi connectivity index (χ4v) is 2.89.